The number of nitrogens with zero attached hydrogens (tertiary/aromatic N) is 1. The molecule has 2 aromatic carbocycles. The van der Waals surface area contributed by atoms with E-state index >= 15 is 0 Å². The molecular formula is C28H34FNO3S. The molecule has 4 nitrogen and oxygen atoms in total. The van der Waals surface area contributed by atoms with Gasteiger partial charge in [0, 0.05) is 30.3 Å². The molecule has 2 aliphatic heterocycles. The molecule has 0 aromatic heterocycles. The second kappa shape index (κ2) is 11.0. The zero-order valence-electron chi connectivity index (χ0n) is 20.3. The van der Waals surface area contributed by atoms with E-state index in [0.29, 0.717) is 12.2 Å². The van der Waals surface area contributed by atoms with Crippen molar-refractivity contribution in [2.45, 2.75) is 51.0 Å². The van der Waals surface area contributed by atoms with Crippen LogP contribution in [-0.2, 0) is 4.79 Å². The van der Waals surface area contributed by atoms with Gasteiger partial charge in [-0.25, -0.2) is 0 Å². The van der Waals surface area contributed by atoms with Gasteiger partial charge in [0.2, 0.25) is 0 Å². The molecule has 0 saturated carbocycles. The molecule has 0 amide bonds. The Morgan fingerprint density at radius 3 is 2.65 bits per heavy atom. The number of benzene rings is 2. The number of rotatable bonds is 7. The lowest BCUT2D eigenvalue weighted by Crippen LogP contribution is -2.26. The van der Waals surface area contributed by atoms with Crippen molar-refractivity contribution < 1.29 is 18.7 Å². The third kappa shape index (κ3) is 6.22. The van der Waals surface area contributed by atoms with Crippen LogP contribution in [0.4, 0.5) is 4.39 Å². The van der Waals surface area contributed by atoms with E-state index in [9.17, 15) is 9.18 Å². The van der Waals surface area contributed by atoms with Crippen LogP contribution in [0.3, 0.4) is 0 Å². The average molecular weight is 484 g/mol. The van der Waals surface area contributed by atoms with Crippen LogP contribution in [0.25, 0.3) is 5.57 Å². The second-order valence-corrected chi connectivity index (χ2v) is 11.1. The third-order valence-electron chi connectivity index (χ3n) is 6.09. The van der Waals surface area contributed by atoms with Crippen molar-refractivity contribution in [3.05, 3.63) is 59.7 Å². The van der Waals surface area contributed by atoms with E-state index in [1.807, 2.05) is 56.8 Å². The van der Waals surface area contributed by atoms with Gasteiger partial charge in [-0.3, -0.25) is 14.1 Å². The van der Waals surface area contributed by atoms with Crippen LogP contribution in [0.15, 0.2) is 53.4 Å². The predicted molar refractivity (Wildman–Crippen MR) is 136 cm³/mol. The van der Waals surface area contributed by atoms with Gasteiger partial charge in [-0.1, -0.05) is 18.2 Å². The van der Waals surface area contributed by atoms with Crippen LogP contribution in [-0.4, -0.2) is 49.0 Å². The molecular weight excluding hydrogens is 449 g/mol. The molecule has 6 heteroatoms. The lowest BCUT2D eigenvalue weighted by molar-refractivity contribution is -0.143. The van der Waals surface area contributed by atoms with Gasteiger partial charge in [-0.05, 0) is 87.1 Å². The largest absolute Gasteiger partial charge is 0.489 e. The molecule has 1 unspecified atom stereocenters. The highest BCUT2D eigenvalue weighted by molar-refractivity contribution is 7.99. The summed E-state index contributed by atoms with van der Waals surface area (Å²) in [5.74, 6) is 2.21. The third-order valence-corrected chi connectivity index (χ3v) is 7.20. The zero-order valence-corrected chi connectivity index (χ0v) is 21.1. The summed E-state index contributed by atoms with van der Waals surface area (Å²) in [6.45, 7) is 7.93. The number of alkyl halides is 1. The van der Waals surface area contributed by atoms with Crippen molar-refractivity contribution in [1.29, 1.82) is 0 Å². The standard InChI is InChI=1S/C28H34FNO3S/c1-28(2,3)27(31)33-22-11-12-26-25(18-22)24(6-4-17-34-26)20-7-9-21(10-8-20)32-23-13-16-30(19-23)15-5-14-29/h6-12,18,23H,4-5,13-17,19H2,1-3H3. The number of ether oxygens (including phenoxy) is 2. The van der Waals surface area contributed by atoms with Gasteiger partial charge in [-0.2, -0.15) is 0 Å². The zero-order chi connectivity index (χ0) is 24.1. The second-order valence-electron chi connectivity index (χ2n) is 9.95. The highest BCUT2D eigenvalue weighted by Crippen LogP contribution is 2.39. The van der Waals surface area contributed by atoms with Gasteiger partial charge in [0.05, 0.1) is 12.1 Å². The monoisotopic (exact) mass is 483 g/mol. The fraction of sp³-hybridized carbons (Fsp3) is 0.464. The number of fused-ring (bicyclic) bond motifs is 1. The first kappa shape index (κ1) is 24.8. The predicted octanol–water partition coefficient (Wildman–Crippen LogP) is 6.38. The van der Waals surface area contributed by atoms with E-state index in [4.69, 9.17) is 9.47 Å². The van der Waals surface area contributed by atoms with Crippen LogP contribution >= 0.6 is 11.8 Å². The topological polar surface area (TPSA) is 38.8 Å². The Bertz CT molecular complexity index is 1030. The summed E-state index contributed by atoms with van der Waals surface area (Å²) in [4.78, 5) is 15.9. The van der Waals surface area contributed by atoms with Crippen molar-refractivity contribution in [2.75, 3.05) is 32.1 Å². The van der Waals surface area contributed by atoms with E-state index in [-0.39, 0.29) is 18.7 Å². The first-order valence-corrected chi connectivity index (χ1v) is 13.1. The molecule has 182 valence electrons. The van der Waals surface area contributed by atoms with E-state index in [1.165, 1.54) is 4.90 Å². The quantitative estimate of drug-likeness (QED) is 0.338. The lowest BCUT2D eigenvalue weighted by atomic mass is 9.96. The van der Waals surface area contributed by atoms with Crippen LogP contribution in [0.1, 0.15) is 51.2 Å². The first-order chi connectivity index (χ1) is 16.3. The van der Waals surface area contributed by atoms with Crippen LogP contribution in [0.5, 0.6) is 11.5 Å². The number of esters is 1. The molecule has 0 spiro atoms. The molecule has 0 aliphatic carbocycles. The van der Waals surface area contributed by atoms with Gasteiger partial charge >= 0.3 is 5.97 Å². The summed E-state index contributed by atoms with van der Waals surface area (Å²) in [7, 11) is 0. The fourth-order valence-corrected chi connectivity index (χ4v) is 5.15. The Kier molecular flexibility index (Phi) is 7.99. The number of allylic oxidation sites excluding steroid dienone is 1. The molecule has 0 radical (unpaired) electrons. The first-order valence-electron chi connectivity index (χ1n) is 12.1. The van der Waals surface area contributed by atoms with E-state index in [1.54, 1.807) is 0 Å². The summed E-state index contributed by atoms with van der Waals surface area (Å²) in [6, 6.07) is 14.2. The molecule has 2 aromatic rings. The van der Waals surface area contributed by atoms with Gasteiger partial charge in [0.1, 0.15) is 17.6 Å². The van der Waals surface area contributed by atoms with Gasteiger partial charge in [0.25, 0.3) is 0 Å². The van der Waals surface area contributed by atoms with Crippen molar-refractivity contribution in [1.82, 2.24) is 4.90 Å². The Morgan fingerprint density at radius 2 is 1.91 bits per heavy atom. The molecule has 1 fully saturated rings. The number of carbonyl (C=O) groups excluding carboxylic acids is 1. The normalized spacial score (nSPS) is 18.7. The van der Waals surface area contributed by atoms with E-state index < -0.39 is 5.41 Å². The Morgan fingerprint density at radius 1 is 1.15 bits per heavy atom. The maximum Gasteiger partial charge on any atom is 0.316 e. The maximum absolute atomic E-state index is 12.4. The summed E-state index contributed by atoms with van der Waals surface area (Å²) < 4.78 is 24.3. The summed E-state index contributed by atoms with van der Waals surface area (Å²) in [6.07, 6.45) is 4.96. The van der Waals surface area contributed by atoms with Crippen molar-refractivity contribution in [3.8, 4) is 11.5 Å². The van der Waals surface area contributed by atoms with Gasteiger partial charge < -0.3 is 9.47 Å². The molecule has 0 N–H and O–H groups in total. The van der Waals surface area contributed by atoms with Crippen LogP contribution in [0.2, 0.25) is 0 Å². The number of carbonyl (C=O) groups is 1. The summed E-state index contributed by atoms with van der Waals surface area (Å²) in [5.41, 5.74) is 2.80. The van der Waals surface area contributed by atoms with Gasteiger partial charge in [-0.15, -0.1) is 11.8 Å². The highest BCUT2D eigenvalue weighted by Gasteiger charge is 2.25. The molecule has 34 heavy (non-hydrogen) atoms. The average Bonchev–Trinajstić information content (AvgIpc) is 3.14. The van der Waals surface area contributed by atoms with Gasteiger partial charge in [0.15, 0.2) is 0 Å². The minimum absolute atomic E-state index is 0.153. The molecule has 1 saturated heterocycles. The van der Waals surface area contributed by atoms with Crippen molar-refractivity contribution in [3.63, 3.8) is 0 Å². The number of hydrogen-bond acceptors (Lipinski definition) is 5. The minimum atomic E-state index is -0.556. The number of hydrogen-bond donors (Lipinski definition) is 0. The van der Waals surface area contributed by atoms with Crippen LogP contribution < -0.4 is 9.47 Å². The molecule has 1 atom stereocenters. The molecule has 2 heterocycles. The maximum atomic E-state index is 12.4. The Labute approximate surface area is 206 Å². The molecule has 4 rings (SSSR count). The lowest BCUT2D eigenvalue weighted by Gasteiger charge is -2.18. The Balaban J connectivity index is 1.48. The highest BCUT2D eigenvalue weighted by atomic mass is 32.2. The van der Waals surface area contributed by atoms with Crippen molar-refractivity contribution >= 4 is 23.3 Å². The molecule has 2 aliphatic rings. The van der Waals surface area contributed by atoms with E-state index in [0.717, 1.165) is 60.7 Å². The van der Waals surface area contributed by atoms with Crippen LogP contribution in [0, 0.1) is 5.41 Å². The fourth-order valence-electron chi connectivity index (χ4n) is 4.21. The Hall–Kier alpha value is -2.31. The van der Waals surface area contributed by atoms with Crippen molar-refractivity contribution in [2.24, 2.45) is 5.41 Å². The summed E-state index contributed by atoms with van der Waals surface area (Å²) in [5, 5.41) is 0. The minimum Gasteiger partial charge on any atom is -0.489 e. The molecule has 0 bridgehead atoms. The number of likely N-dealkylation sites (tertiary alicyclic amines) is 1. The number of halogens is 1. The smallest absolute Gasteiger partial charge is 0.316 e. The van der Waals surface area contributed by atoms with E-state index in [2.05, 4.69) is 29.2 Å². The number of thioether (sulfide) groups is 1. The SMILES string of the molecule is CC(C)(C)C(=O)Oc1ccc2c(c1)C(c1ccc(OC3CCN(CCCF)C3)cc1)=CCCS2. The summed E-state index contributed by atoms with van der Waals surface area (Å²) >= 11 is 1.83.